The highest BCUT2D eigenvalue weighted by Crippen LogP contribution is 2.20. The van der Waals surface area contributed by atoms with Crippen LogP contribution < -0.4 is 10.9 Å². The largest absolute Gasteiger partial charge is 0.481 e. The molecule has 0 fully saturated rings. The number of nitrogens with one attached hydrogen (secondary N) is 2. The third-order valence-electron chi connectivity index (χ3n) is 3.34. The Labute approximate surface area is 124 Å². The number of aromatic amines is 1. The van der Waals surface area contributed by atoms with Crippen LogP contribution in [0.15, 0.2) is 21.5 Å². The Morgan fingerprint density at radius 1 is 1.40 bits per heavy atom. The van der Waals surface area contributed by atoms with E-state index in [1.165, 1.54) is 12.3 Å². The van der Waals surface area contributed by atoms with Crippen LogP contribution in [0, 0.1) is 0 Å². The molecule has 0 saturated carbocycles. The van der Waals surface area contributed by atoms with Gasteiger partial charge in [-0.15, -0.1) is 0 Å². The highest BCUT2D eigenvalue weighted by atomic mass is 79.9. The predicted octanol–water partition coefficient (Wildman–Crippen LogP) is 1.90. The van der Waals surface area contributed by atoms with Crippen molar-refractivity contribution in [2.45, 2.75) is 38.6 Å². The summed E-state index contributed by atoms with van der Waals surface area (Å²) in [7, 11) is 0. The zero-order valence-corrected chi connectivity index (χ0v) is 12.9. The van der Waals surface area contributed by atoms with Crippen LogP contribution in [-0.4, -0.2) is 27.5 Å². The SMILES string of the molecule is CCC(CC)(CC(=O)O)NC(=O)c1c[nH]c(=O)c(Br)c1. The molecule has 0 spiro atoms. The normalized spacial score (nSPS) is 11.2. The van der Waals surface area contributed by atoms with Crippen LogP contribution in [0.5, 0.6) is 0 Å². The third-order valence-corrected chi connectivity index (χ3v) is 3.93. The molecule has 0 aromatic carbocycles. The average Bonchev–Trinajstić information content (AvgIpc) is 2.40. The minimum Gasteiger partial charge on any atom is -0.481 e. The highest BCUT2D eigenvalue weighted by molar-refractivity contribution is 9.10. The molecule has 0 bridgehead atoms. The smallest absolute Gasteiger partial charge is 0.305 e. The van der Waals surface area contributed by atoms with Crippen molar-refractivity contribution in [1.29, 1.82) is 0 Å². The van der Waals surface area contributed by atoms with Gasteiger partial charge in [0.15, 0.2) is 0 Å². The number of aromatic nitrogens is 1. The lowest BCUT2D eigenvalue weighted by molar-refractivity contribution is -0.138. The van der Waals surface area contributed by atoms with Gasteiger partial charge < -0.3 is 15.4 Å². The molecule has 110 valence electrons. The lowest BCUT2D eigenvalue weighted by Gasteiger charge is -2.31. The van der Waals surface area contributed by atoms with Gasteiger partial charge in [0.2, 0.25) is 0 Å². The molecule has 6 nitrogen and oxygen atoms in total. The van der Waals surface area contributed by atoms with Crippen LogP contribution in [0.2, 0.25) is 0 Å². The van der Waals surface area contributed by atoms with Crippen molar-refractivity contribution < 1.29 is 14.7 Å². The van der Waals surface area contributed by atoms with Gasteiger partial charge in [-0.3, -0.25) is 14.4 Å². The quantitative estimate of drug-likeness (QED) is 0.733. The molecular weight excluding hydrogens is 328 g/mol. The van der Waals surface area contributed by atoms with Crippen molar-refractivity contribution in [3.05, 3.63) is 32.7 Å². The number of hydrogen-bond acceptors (Lipinski definition) is 3. The Morgan fingerprint density at radius 3 is 2.45 bits per heavy atom. The zero-order chi connectivity index (χ0) is 15.3. The summed E-state index contributed by atoms with van der Waals surface area (Å²) in [4.78, 5) is 36.8. The third kappa shape index (κ3) is 3.93. The summed E-state index contributed by atoms with van der Waals surface area (Å²) in [6, 6.07) is 1.41. The number of H-pyrrole nitrogens is 1. The summed E-state index contributed by atoms with van der Waals surface area (Å²) in [6.07, 6.45) is 2.17. The molecule has 1 rings (SSSR count). The number of rotatable bonds is 6. The summed E-state index contributed by atoms with van der Waals surface area (Å²) in [5.74, 6) is -1.37. The highest BCUT2D eigenvalue weighted by Gasteiger charge is 2.31. The first kappa shape index (κ1) is 16.4. The summed E-state index contributed by atoms with van der Waals surface area (Å²) in [5, 5.41) is 11.7. The van der Waals surface area contributed by atoms with Crippen molar-refractivity contribution in [2.75, 3.05) is 0 Å². The minimum absolute atomic E-state index is 0.143. The molecule has 1 aromatic rings. The number of amides is 1. The fourth-order valence-corrected chi connectivity index (χ4v) is 2.27. The van der Waals surface area contributed by atoms with Gasteiger partial charge in [0.25, 0.3) is 11.5 Å². The van der Waals surface area contributed by atoms with E-state index < -0.39 is 17.4 Å². The molecule has 0 unspecified atom stereocenters. The minimum atomic E-state index is -0.961. The second-order valence-electron chi connectivity index (χ2n) is 4.58. The van der Waals surface area contributed by atoms with E-state index in [0.717, 1.165) is 0 Å². The van der Waals surface area contributed by atoms with Gasteiger partial charge in [0, 0.05) is 6.20 Å². The van der Waals surface area contributed by atoms with Gasteiger partial charge in [-0.2, -0.15) is 0 Å². The summed E-state index contributed by atoms with van der Waals surface area (Å²) >= 11 is 3.05. The van der Waals surface area contributed by atoms with E-state index in [0.29, 0.717) is 12.8 Å². The van der Waals surface area contributed by atoms with E-state index in [-0.39, 0.29) is 22.0 Å². The number of hydrogen-bond donors (Lipinski definition) is 3. The maximum atomic E-state index is 12.2. The van der Waals surface area contributed by atoms with Crippen LogP contribution in [0.3, 0.4) is 0 Å². The molecule has 7 heteroatoms. The van der Waals surface area contributed by atoms with Crippen molar-refractivity contribution in [1.82, 2.24) is 10.3 Å². The van der Waals surface area contributed by atoms with Crippen molar-refractivity contribution in [2.24, 2.45) is 0 Å². The van der Waals surface area contributed by atoms with Crippen LogP contribution in [0.1, 0.15) is 43.5 Å². The predicted molar refractivity (Wildman–Crippen MR) is 77.8 cm³/mol. The van der Waals surface area contributed by atoms with Gasteiger partial charge >= 0.3 is 5.97 Å². The standard InChI is InChI=1S/C13H17BrN2O4/c1-3-13(4-2,6-10(17)18)16-11(19)8-5-9(14)12(20)15-7-8/h5,7H,3-4,6H2,1-2H3,(H,15,20)(H,16,19)(H,17,18). The molecule has 3 N–H and O–H groups in total. The number of aliphatic carboxylic acids is 1. The molecule has 0 atom stereocenters. The Balaban J connectivity index is 2.98. The lowest BCUT2D eigenvalue weighted by atomic mass is 9.88. The maximum Gasteiger partial charge on any atom is 0.305 e. The Morgan fingerprint density at radius 2 is 2.00 bits per heavy atom. The molecule has 20 heavy (non-hydrogen) atoms. The molecule has 0 radical (unpaired) electrons. The summed E-state index contributed by atoms with van der Waals surface area (Å²) in [5.41, 5.74) is -0.844. The zero-order valence-electron chi connectivity index (χ0n) is 11.3. The van der Waals surface area contributed by atoms with E-state index >= 15 is 0 Å². The molecule has 0 aliphatic heterocycles. The molecule has 0 aliphatic carbocycles. The fraction of sp³-hybridized carbons (Fsp3) is 0.462. The first-order chi connectivity index (χ1) is 9.33. The number of carbonyl (C=O) groups is 2. The molecule has 0 aliphatic rings. The number of carboxylic acid groups (broad SMARTS) is 1. The van der Waals surface area contributed by atoms with Gasteiger partial charge in [-0.25, -0.2) is 0 Å². The first-order valence-electron chi connectivity index (χ1n) is 6.26. The number of pyridine rings is 1. The van der Waals surface area contributed by atoms with Crippen LogP contribution in [0.4, 0.5) is 0 Å². The average molecular weight is 345 g/mol. The van der Waals surface area contributed by atoms with E-state index in [1.807, 2.05) is 13.8 Å². The molecule has 1 amide bonds. The summed E-state index contributed by atoms with van der Waals surface area (Å²) in [6.45, 7) is 3.66. The van der Waals surface area contributed by atoms with Gasteiger partial charge in [0.1, 0.15) is 0 Å². The Hall–Kier alpha value is -1.63. The van der Waals surface area contributed by atoms with E-state index in [1.54, 1.807) is 0 Å². The molecule has 1 heterocycles. The van der Waals surface area contributed by atoms with Gasteiger partial charge in [-0.1, -0.05) is 13.8 Å². The second kappa shape index (κ2) is 6.69. The van der Waals surface area contributed by atoms with E-state index in [2.05, 4.69) is 26.2 Å². The fourth-order valence-electron chi connectivity index (χ4n) is 1.91. The molecule has 0 saturated heterocycles. The number of halogens is 1. The lowest BCUT2D eigenvalue weighted by Crippen LogP contribution is -2.49. The molecule has 1 aromatic heterocycles. The van der Waals surface area contributed by atoms with Crippen LogP contribution >= 0.6 is 15.9 Å². The van der Waals surface area contributed by atoms with Crippen LogP contribution in [-0.2, 0) is 4.79 Å². The Bertz CT molecular complexity index is 564. The first-order valence-corrected chi connectivity index (χ1v) is 7.05. The topological polar surface area (TPSA) is 99.3 Å². The van der Waals surface area contributed by atoms with E-state index in [4.69, 9.17) is 5.11 Å². The maximum absolute atomic E-state index is 12.2. The van der Waals surface area contributed by atoms with E-state index in [9.17, 15) is 14.4 Å². The van der Waals surface area contributed by atoms with Crippen molar-refractivity contribution in [3.8, 4) is 0 Å². The van der Waals surface area contributed by atoms with Gasteiger partial charge in [0.05, 0.1) is 22.0 Å². The van der Waals surface area contributed by atoms with Gasteiger partial charge in [-0.05, 0) is 34.8 Å². The van der Waals surface area contributed by atoms with Crippen molar-refractivity contribution >= 4 is 27.8 Å². The van der Waals surface area contributed by atoms with Crippen LogP contribution in [0.25, 0.3) is 0 Å². The number of carbonyl (C=O) groups excluding carboxylic acids is 1. The Kier molecular flexibility index (Phi) is 5.50. The monoisotopic (exact) mass is 344 g/mol. The molecular formula is C13H17BrN2O4. The second-order valence-corrected chi connectivity index (χ2v) is 5.43. The van der Waals surface area contributed by atoms with Crippen molar-refractivity contribution in [3.63, 3.8) is 0 Å². The summed E-state index contributed by atoms with van der Waals surface area (Å²) < 4.78 is 0.252. The number of carboxylic acids is 1.